The molecule has 1 aromatic carbocycles. The molecule has 0 heterocycles. The molecule has 2 N–H and O–H groups in total. The maximum absolute atomic E-state index is 8.72. The van der Waals surface area contributed by atoms with Gasteiger partial charge in [-0.1, -0.05) is 6.07 Å². The number of nitrogens with two attached hydrogens (primary N) is 1. The molecule has 0 aromatic heterocycles. The molecule has 1 rings (SSSR count). The fourth-order valence-electron chi connectivity index (χ4n) is 1.46. The average Bonchev–Trinajstić information content (AvgIpc) is 2.33. The van der Waals surface area contributed by atoms with Crippen LogP contribution in [-0.2, 0) is 6.42 Å². The summed E-state index contributed by atoms with van der Waals surface area (Å²) in [7, 11) is 0. The lowest BCUT2D eigenvalue weighted by atomic mass is 10.1. The lowest BCUT2D eigenvalue weighted by molar-refractivity contribution is 0.250. The lowest BCUT2D eigenvalue weighted by Crippen LogP contribution is -2.10. The van der Waals surface area contributed by atoms with E-state index in [4.69, 9.17) is 20.5 Å². The summed E-state index contributed by atoms with van der Waals surface area (Å²) in [6, 6.07) is 7.70. The second-order valence-electron chi connectivity index (χ2n) is 3.64. The van der Waals surface area contributed by atoms with Crippen LogP contribution in [0.4, 0.5) is 0 Å². The largest absolute Gasteiger partial charge is 0.490 e. The van der Waals surface area contributed by atoms with Gasteiger partial charge in [-0.05, 0) is 44.5 Å². The molecule has 0 aliphatic heterocycles. The molecule has 1 atom stereocenters. The predicted molar refractivity (Wildman–Crippen MR) is 66.1 cm³/mol. The van der Waals surface area contributed by atoms with Gasteiger partial charge in [-0.3, -0.25) is 0 Å². The first-order chi connectivity index (χ1) is 8.21. The van der Waals surface area contributed by atoms with Crippen molar-refractivity contribution in [3.05, 3.63) is 23.8 Å². The predicted octanol–water partition coefficient (Wildman–Crippen LogP) is 1.88. The zero-order valence-electron chi connectivity index (χ0n) is 10.3. The van der Waals surface area contributed by atoms with Gasteiger partial charge in [0, 0.05) is 0 Å². The van der Waals surface area contributed by atoms with Crippen molar-refractivity contribution in [2.75, 3.05) is 13.2 Å². The van der Waals surface area contributed by atoms with Gasteiger partial charge in [0.05, 0.1) is 6.61 Å². The third-order valence-corrected chi connectivity index (χ3v) is 2.23. The van der Waals surface area contributed by atoms with E-state index < -0.39 is 6.10 Å². The fraction of sp³-hybridized carbons (Fsp3) is 0.462. The molecule has 1 unspecified atom stereocenters. The lowest BCUT2D eigenvalue weighted by Gasteiger charge is -2.14. The minimum atomic E-state index is -0.491. The summed E-state index contributed by atoms with van der Waals surface area (Å²) in [6.45, 7) is 4.76. The number of nitrogens with zero attached hydrogens (tertiary/aromatic N) is 1. The third kappa shape index (κ3) is 3.97. The number of nitriles is 1. The van der Waals surface area contributed by atoms with Crippen LogP contribution in [-0.4, -0.2) is 19.3 Å². The Morgan fingerprint density at radius 2 is 2.18 bits per heavy atom. The van der Waals surface area contributed by atoms with Crippen LogP contribution in [0.15, 0.2) is 18.2 Å². The number of hydrogen-bond donors (Lipinski definition) is 1. The van der Waals surface area contributed by atoms with Crippen LogP contribution in [0.3, 0.4) is 0 Å². The van der Waals surface area contributed by atoms with E-state index >= 15 is 0 Å². The number of hydrogen-bond acceptors (Lipinski definition) is 4. The molecule has 0 aliphatic carbocycles. The van der Waals surface area contributed by atoms with Crippen molar-refractivity contribution < 1.29 is 9.47 Å². The van der Waals surface area contributed by atoms with E-state index in [2.05, 4.69) is 0 Å². The fourth-order valence-corrected chi connectivity index (χ4v) is 1.46. The van der Waals surface area contributed by atoms with Crippen molar-refractivity contribution >= 4 is 0 Å². The SMILES string of the molecule is CCOc1cc(CCN)ccc1OC(C)C#N. The first-order valence-electron chi connectivity index (χ1n) is 5.73. The van der Waals surface area contributed by atoms with Crippen molar-refractivity contribution in [1.29, 1.82) is 5.26 Å². The van der Waals surface area contributed by atoms with Crippen molar-refractivity contribution in [3.8, 4) is 17.6 Å². The number of benzene rings is 1. The minimum Gasteiger partial charge on any atom is -0.490 e. The van der Waals surface area contributed by atoms with Gasteiger partial charge in [0.15, 0.2) is 17.6 Å². The quantitative estimate of drug-likeness (QED) is 0.816. The zero-order valence-corrected chi connectivity index (χ0v) is 10.3. The number of rotatable bonds is 6. The van der Waals surface area contributed by atoms with E-state index in [-0.39, 0.29) is 0 Å². The number of ether oxygens (including phenoxy) is 2. The summed E-state index contributed by atoms with van der Waals surface area (Å²) in [5.41, 5.74) is 6.61. The molecule has 0 bridgehead atoms. The van der Waals surface area contributed by atoms with Crippen LogP contribution < -0.4 is 15.2 Å². The molecular weight excluding hydrogens is 216 g/mol. The maximum Gasteiger partial charge on any atom is 0.181 e. The van der Waals surface area contributed by atoms with Crippen molar-refractivity contribution in [1.82, 2.24) is 0 Å². The van der Waals surface area contributed by atoms with E-state index in [1.165, 1.54) is 0 Å². The highest BCUT2D eigenvalue weighted by Gasteiger charge is 2.09. The minimum absolute atomic E-state index is 0.491. The zero-order chi connectivity index (χ0) is 12.7. The Bertz CT molecular complexity index is 399. The molecular formula is C13H18N2O2. The first-order valence-corrected chi connectivity index (χ1v) is 5.73. The highest BCUT2D eigenvalue weighted by molar-refractivity contribution is 5.43. The van der Waals surface area contributed by atoms with Gasteiger partial charge >= 0.3 is 0 Å². The van der Waals surface area contributed by atoms with Crippen LogP contribution in [0.1, 0.15) is 19.4 Å². The maximum atomic E-state index is 8.72. The molecule has 4 heteroatoms. The van der Waals surface area contributed by atoms with Gasteiger partial charge in [-0.2, -0.15) is 5.26 Å². The van der Waals surface area contributed by atoms with E-state index in [9.17, 15) is 0 Å². The van der Waals surface area contributed by atoms with Crippen molar-refractivity contribution in [3.63, 3.8) is 0 Å². The van der Waals surface area contributed by atoms with Gasteiger partial charge in [-0.25, -0.2) is 0 Å². The Hall–Kier alpha value is -1.73. The highest BCUT2D eigenvalue weighted by atomic mass is 16.5. The molecule has 17 heavy (non-hydrogen) atoms. The summed E-state index contributed by atoms with van der Waals surface area (Å²) in [4.78, 5) is 0. The molecule has 0 amide bonds. The molecule has 0 radical (unpaired) electrons. The van der Waals surface area contributed by atoms with Gasteiger partial charge in [0.1, 0.15) is 6.07 Å². The molecule has 0 spiro atoms. The van der Waals surface area contributed by atoms with Crippen LogP contribution in [0.5, 0.6) is 11.5 Å². The summed E-state index contributed by atoms with van der Waals surface area (Å²) in [5.74, 6) is 1.27. The Morgan fingerprint density at radius 3 is 2.76 bits per heavy atom. The summed E-state index contributed by atoms with van der Waals surface area (Å²) >= 11 is 0. The molecule has 1 aromatic rings. The van der Waals surface area contributed by atoms with Crippen molar-refractivity contribution in [2.24, 2.45) is 5.73 Å². The van der Waals surface area contributed by atoms with E-state index in [1.807, 2.05) is 31.2 Å². The van der Waals surface area contributed by atoms with E-state index in [1.54, 1.807) is 6.92 Å². The Labute approximate surface area is 102 Å². The molecule has 92 valence electrons. The Morgan fingerprint density at radius 1 is 1.41 bits per heavy atom. The molecule has 0 fully saturated rings. The smallest absolute Gasteiger partial charge is 0.181 e. The monoisotopic (exact) mass is 234 g/mol. The second kappa shape index (κ2) is 6.77. The summed E-state index contributed by atoms with van der Waals surface area (Å²) in [5, 5.41) is 8.72. The van der Waals surface area contributed by atoms with Crippen molar-refractivity contribution in [2.45, 2.75) is 26.4 Å². The van der Waals surface area contributed by atoms with Gasteiger partial charge < -0.3 is 15.2 Å². The van der Waals surface area contributed by atoms with Gasteiger partial charge in [-0.15, -0.1) is 0 Å². The molecule has 0 saturated heterocycles. The first kappa shape index (κ1) is 13.3. The molecule has 0 saturated carbocycles. The molecule has 4 nitrogen and oxygen atoms in total. The average molecular weight is 234 g/mol. The van der Waals surface area contributed by atoms with Crippen LogP contribution in [0, 0.1) is 11.3 Å². The summed E-state index contributed by atoms with van der Waals surface area (Å²) in [6.07, 6.45) is 0.309. The van der Waals surface area contributed by atoms with Gasteiger partial charge in [0.25, 0.3) is 0 Å². The normalized spacial score (nSPS) is 11.6. The highest BCUT2D eigenvalue weighted by Crippen LogP contribution is 2.29. The van der Waals surface area contributed by atoms with E-state index in [0.717, 1.165) is 12.0 Å². The second-order valence-corrected chi connectivity index (χ2v) is 3.64. The Balaban J connectivity index is 2.91. The van der Waals surface area contributed by atoms with E-state index in [0.29, 0.717) is 24.7 Å². The van der Waals surface area contributed by atoms with Crippen LogP contribution >= 0.6 is 0 Å². The van der Waals surface area contributed by atoms with Crippen LogP contribution in [0.25, 0.3) is 0 Å². The summed E-state index contributed by atoms with van der Waals surface area (Å²) < 4.78 is 11.0. The third-order valence-electron chi connectivity index (χ3n) is 2.23. The van der Waals surface area contributed by atoms with Gasteiger partial charge in [0.2, 0.25) is 0 Å². The standard InChI is InChI=1S/C13H18N2O2/c1-3-16-13-8-11(6-7-14)4-5-12(13)17-10(2)9-15/h4-5,8,10H,3,6-7,14H2,1-2H3. The molecule has 0 aliphatic rings. The topological polar surface area (TPSA) is 68.3 Å². The van der Waals surface area contributed by atoms with Crippen LogP contribution in [0.2, 0.25) is 0 Å². The Kier molecular flexibility index (Phi) is 5.31.